The molecule has 1 aliphatic rings. The van der Waals surface area contributed by atoms with E-state index in [2.05, 4.69) is 5.32 Å². The number of carbonyl (C=O) groups excluding carboxylic acids is 1. The van der Waals surface area contributed by atoms with Gasteiger partial charge in [-0.2, -0.15) is 0 Å². The minimum atomic E-state index is -0.126. The Kier molecular flexibility index (Phi) is 4.89. The number of carbonyl (C=O) groups is 1. The maximum Gasteiger partial charge on any atom is 0.257 e. The first-order valence-electron chi connectivity index (χ1n) is 7.98. The Morgan fingerprint density at radius 2 is 1.88 bits per heavy atom. The highest BCUT2D eigenvalue weighted by atomic mass is 16.7. The molecule has 0 fully saturated rings. The van der Waals surface area contributed by atoms with E-state index in [-0.39, 0.29) is 19.3 Å². The fourth-order valence-corrected chi connectivity index (χ4v) is 2.66. The van der Waals surface area contributed by atoms with E-state index in [4.69, 9.17) is 14.2 Å². The summed E-state index contributed by atoms with van der Waals surface area (Å²) in [6.07, 6.45) is 0.728. The number of fused-ring (bicyclic) bond motifs is 1. The Hall–Kier alpha value is -2.69. The Morgan fingerprint density at radius 3 is 2.67 bits per heavy atom. The molecular weight excluding hydrogens is 306 g/mol. The predicted molar refractivity (Wildman–Crippen MR) is 90.7 cm³/mol. The molecule has 1 amide bonds. The second-order valence-electron chi connectivity index (χ2n) is 5.80. The molecule has 2 aromatic rings. The summed E-state index contributed by atoms with van der Waals surface area (Å²) in [6, 6.07) is 11.7. The molecule has 1 heterocycles. The number of hydrogen-bond acceptors (Lipinski definition) is 4. The van der Waals surface area contributed by atoms with Crippen molar-refractivity contribution >= 4 is 5.91 Å². The number of amides is 1. The van der Waals surface area contributed by atoms with Crippen LogP contribution in [0.4, 0.5) is 0 Å². The minimum absolute atomic E-state index is 0.0207. The van der Waals surface area contributed by atoms with Gasteiger partial charge in [-0.05, 0) is 49.1 Å². The molecule has 0 saturated heterocycles. The molecule has 126 valence electrons. The quantitative estimate of drug-likeness (QED) is 0.886. The third-order valence-electron chi connectivity index (χ3n) is 3.93. The second kappa shape index (κ2) is 7.25. The SMILES string of the molecule is Cc1cccc(C)c1OCC(=O)NCCc1ccc2c(c1)OCO2. The zero-order chi connectivity index (χ0) is 16.9. The number of aryl methyl sites for hydroxylation is 2. The maximum atomic E-state index is 11.9. The standard InChI is InChI=1S/C19H21NO4/c1-13-4-3-5-14(2)19(13)22-11-18(21)20-9-8-15-6-7-16-17(10-15)24-12-23-16/h3-7,10H,8-9,11-12H2,1-2H3,(H,20,21). The molecule has 2 aromatic carbocycles. The number of hydrogen-bond donors (Lipinski definition) is 1. The van der Waals surface area contributed by atoms with Gasteiger partial charge in [0.15, 0.2) is 18.1 Å². The van der Waals surface area contributed by atoms with Crippen molar-refractivity contribution in [2.45, 2.75) is 20.3 Å². The fourth-order valence-electron chi connectivity index (χ4n) is 2.66. The van der Waals surface area contributed by atoms with Crippen molar-refractivity contribution < 1.29 is 19.0 Å². The van der Waals surface area contributed by atoms with Gasteiger partial charge in [-0.15, -0.1) is 0 Å². The van der Waals surface area contributed by atoms with E-state index >= 15 is 0 Å². The van der Waals surface area contributed by atoms with Gasteiger partial charge >= 0.3 is 0 Å². The first-order chi connectivity index (χ1) is 11.6. The number of benzene rings is 2. The van der Waals surface area contributed by atoms with Crippen molar-refractivity contribution in [2.75, 3.05) is 19.9 Å². The van der Waals surface area contributed by atoms with Crippen LogP contribution in [0.1, 0.15) is 16.7 Å². The van der Waals surface area contributed by atoms with Gasteiger partial charge in [0.2, 0.25) is 6.79 Å². The molecule has 0 atom stereocenters. The van der Waals surface area contributed by atoms with Crippen molar-refractivity contribution in [1.82, 2.24) is 5.32 Å². The first-order valence-corrected chi connectivity index (χ1v) is 7.98. The molecular formula is C19H21NO4. The average Bonchev–Trinajstić information content (AvgIpc) is 3.02. The largest absolute Gasteiger partial charge is 0.483 e. The molecule has 1 aliphatic heterocycles. The molecule has 0 aromatic heterocycles. The van der Waals surface area contributed by atoms with Gasteiger partial charge in [0.25, 0.3) is 5.91 Å². The monoisotopic (exact) mass is 327 g/mol. The van der Waals surface area contributed by atoms with E-state index in [1.807, 2.05) is 50.2 Å². The van der Waals surface area contributed by atoms with E-state index in [9.17, 15) is 4.79 Å². The molecule has 0 radical (unpaired) electrons. The van der Waals surface area contributed by atoms with Crippen LogP contribution in [0.2, 0.25) is 0 Å². The van der Waals surface area contributed by atoms with Gasteiger partial charge in [-0.25, -0.2) is 0 Å². The molecule has 0 spiro atoms. The van der Waals surface area contributed by atoms with Crippen LogP contribution in [0.25, 0.3) is 0 Å². The highest BCUT2D eigenvalue weighted by Crippen LogP contribution is 2.32. The zero-order valence-electron chi connectivity index (χ0n) is 13.9. The Labute approximate surface area is 141 Å². The lowest BCUT2D eigenvalue weighted by Gasteiger charge is -2.12. The summed E-state index contributed by atoms with van der Waals surface area (Å²) in [7, 11) is 0. The van der Waals surface area contributed by atoms with Crippen molar-refractivity contribution in [3.05, 3.63) is 53.1 Å². The second-order valence-corrected chi connectivity index (χ2v) is 5.80. The van der Waals surface area contributed by atoms with Crippen LogP contribution in [0.5, 0.6) is 17.2 Å². The highest BCUT2D eigenvalue weighted by molar-refractivity contribution is 5.77. The molecule has 0 unspecified atom stereocenters. The topological polar surface area (TPSA) is 56.8 Å². The zero-order valence-corrected chi connectivity index (χ0v) is 13.9. The smallest absolute Gasteiger partial charge is 0.257 e. The van der Waals surface area contributed by atoms with Crippen LogP contribution in [0, 0.1) is 13.8 Å². The maximum absolute atomic E-state index is 11.9. The number of ether oxygens (including phenoxy) is 3. The van der Waals surface area contributed by atoms with Crippen molar-refractivity contribution in [1.29, 1.82) is 0 Å². The fraction of sp³-hybridized carbons (Fsp3) is 0.316. The molecule has 1 N–H and O–H groups in total. The number of nitrogens with one attached hydrogen (secondary N) is 1. The summed E-state index contributed by atoms with van der Waals surface area (Å²) >= 11 is 0. The summed E-state index contributed by atoms with van der Waals surface area (Å²) < 4.78 is 16.3. The summed E-state index contributed by atoms with van der Waals surface area (Å²) in [4.78, 5) is 11.9. The minimum Gasteiger partial charge on any atom is -0.483 e. The van der Waals surface area contributed by atoms with E-state index in [1.165, 1.54) is 0 Å². The third-order valence-corrected chi connectivity index (χ3v) is 3.93. The third kappa shape index (κ3) is 3.79. The molecule has 5 nitrogen and oxygen atoms in total. The summed E-state index contributed by atoms with van der Waals surface area (Å²) in [6.45, 7) is 4.78. The number of para-hydroxylation sites is 1. The van der Waals surface area contributed by atoms with Crippen LogP contribution in [-0.4, -0.2) is 25.9 Å². The molecule has 0 aliphatic carbocycles. The van der Waals surface area contributed by atoms with Crippen LogP contribution in [0.15, 0.2) is 36.4 Å². The van der Waals surface area contributed by atoms with Gasteiger partial charge in [0, 0.05) is 6.54 Å². The lowest BCUT2D eigenvalue weighted by Crippen LogP contribution is -2.30. The summed E-state index contributed by atoms with van der Waals surface area (Å²) in [5.41, 5.74) is 3.15. The Bertz CT molecular complexity index is 722. The van der Waals surface area contributed by atoms with Crippen LogP contribution >= 0.6 is 0 Å². The van der Waals surface area contributed by atoms with Gasteiger partial charge < -0.3 is 19.5 Å². The lowest BCUT2D eigenvalue weighted by atomic mass is 10.1. The normalized spacial score (nSPS) is 12.1. The van der Waals surface area contributed by atoms with E-state index in [0.717, 1.165) is 40.4 Å². The van der Waals surface area contributed by atoms with Crippen LogP contribution in [-0.2, 0) is 11.2 Å². The number of rotatable bonds is 6. The van der Waals surface area contributed by atoms with Crippen molar-refractivity contribution in [3.8, 4) is 17.2 Å². The van der Waals surface area contributed by atoms with Crippen LogP contribution < -0.4 is 19.5 Å². The van der Waals surface area contributed by atoms with Crippen molar-refractivity contribution in [2.24, 2.45) is 0 Å². The molecule has 0 saturated carbocycles. The molecule has 24 heavy (non-hydrogen) atoms. The van der Waals surface area contributed by atoms with Crippen LogP contribution in [0.3, 0.4) is 0 Å². The Morgan fingerprint density at radius 1 is 1.12 bits per heavy atom. The lowest BCUT2D eigenvalue weighted by molar-refractivity contribution is -0.123. The van der Waals surface area contributed by atoms with E-state index in [1.54, 1.807) is 0 Å². The van der Waals surface area contributed by atoms with Gasteiger partial charge in [0.1, 0.15) is 5.75 Å². The summed E-state index contributed by atoms with van der Waals surface area (Å²) in [5, 5.41) is 2.87. The summed E-state index contributed by atoms with van der Waals surface area (Å²) in [5.74, 6) is 2.18. The van der Waals surface area contributed by atoms with Crippen molar-refractivity contribution in [3.63, 3.8) is 0 Å². The van der Waals surface area contributed by atoms with E-state index in [0.29, 0.717) is 6.54 Å². The highest BCUT2D eigenvalue weighted by Gasteiger charge is 2.13. The molecule has 3 rings (SSSR count). The molecule has 5 heteroatoms. The molecule has 0 bridgehead atoms. The Balaban J connectivity index is 1.44. The first kappa shape index (κ1) is 16.2. The van der Waals surface area contributed by atoms with Gasteiger partial charge in [0.05, 0.1) is 0 Å². The van der Waals surface area contributed by atoms with Gasteiger partial charge in [-0.1, -0.05) is 24.3 Å². The van der Waals surface area contributed by atoms with Gasteiger partial charge in [-0.3, -0.25) is 4.79 Å². The average molecular weight is 327 g/mol. The van der Waals surface area contributed by atoms with E-state index < -0.39 is 0 Å². The predicted octanol–water partition coefficient (Wildman–Crippen LogP) is 2.77.